The monoisotopic (exact) mass is 168 g/mol. The van der Waals surface area contributed by atoms with E-state index in [0.29, 0.717) is 0 Å². The summed E-state index contributed by atoms with van der Waals surface area (Å²) in [4.78, 5) is 2.47. The molecule has 1 aliphatic heterocycles. The van der Waals surface area contributed by atoms with Gasteiger partial charge < -0.3 is 0 Å². The lowest BCUT2D eigenvalue weighted by Crippen LogP contribution is -2.29. The molecule has 12 heavy (non-hydrogen) atoms. The number of hydrogen-bond acceptors (Lipinski definition) is 1. The van der Waals surface area contributed by atoms with Gasteiger partial charge in [0.2, 0.25) is 0 Å². The van der Waals surface area contributed by atoms with E-state index in [9.17, 15) is 0 Å². The summed E-state index contributed by atoms with van der Waals surface area (Å²) in [6.07, 6.45) is 9.68. The Labute approximate surface area is 77.1 Å². The van der Waals surface area contributed by atoms with Crippen LogP contribution >= 0.6 is 0 Å². The first-order valence-electron chi connectivity index (χ1n) is 5.40. The average molecular weight is 168 g/mol. The summed E-state index contributed by atoms with van der Waals surface area (Å²) in [6.45, 7) is 3.57. The molecule has 1 fully saturated rings. The SMILES string of the molecule is CCCCC[C]1CCCCN1C. The Bertz CT molecular complexity index is 112. The molecule has 1 heteroatoms. The van der Waals surface area contributed by atoms with Crippen molar-refractivity contribution in [2.45, 2.75) is 51.9 Å². The minimum absolute atomic E-state index is 1.29. The number of rotatable bonds is 4. The Hall–Kier alpha value is -0.0400. The zero-order chi connectivity index (χ0) is 8.81. The zero-order valence-electron chi connectivity index (χ0n) is 8.60. The predicted molar refractivity (Wildman–Crippen MR) is 53.9 cm³/mol. The van der Waals surface area contributed by atoms with E-state index in [4.69, 9.17) is 0 Å². The molecule has 0 N–H and O–H groups in total. The van der Waals surface area contributed by atoms with E-state index >= 15 is 0 Å². The lowest BCUT2D eigenvalue weighted by atomic mass is 9.98. The third-order valence-corrected chi connectivity index (χ3v) is 2.82. The van der Waals surface area contributed by atoms with Crippen LogP contribution in [0.2, 0.25) is 0 Å². The van der Waals surface area contributed by atoms with Gasteiger partial charge in [0.25, 0.3) is 0 Å². The van der Waals surface area contributed by atoms with Crippen molar-refractivity contribution in [1.82, 2.24) is 4.90 Å². The Kier molecular flexibility index (Phi) is 4.67. The van der Waals surface area contributed by atoms with Gasteiger partial charge in [-0.15, -0.1) is 0 Å². The number of likely N-dealkylation sites (tertiary alicyclic amines) is 1. The topological polar surface area (TPSA) is 3.24 Å². The minimum atomic E-state index is 1.29. The van der Waals surface area contributed by atoms with E-state index in [-0.39, 0.29) is 0 Å². The minimum Gasteiger partial charge on any atom is -0.299 e. The Morgan fingerprint density at radius 1 is 1.25 bits per heavy atom. The van der Waals surface area contributed by atoms with Crippen molar-refractivity contribution in [2.24, 2.45) is 0 Å². The summed E-state index contributed by atoms with van der Waals surface area (Å²) in [6, 6.07) is 1.70. The van der Waals surface area contributed by atoms with Gasteiger partial charge in [0.15, 0.2) is 0 Å². The molecule has 0 spiro atoms. The summed E-state index contributed by atoms with van der Waals surface area (Å²) < 4.78 is 0. The van der Waals surface area contributed by atoms with E-state index in [1.807, 2.05) is 0 Å². The standard InChI is InChI=1S/C11H22N/c1-3-4-5-8-11-9-6-7-10-12(11)2/h3-10H2,1-2H3. The number of unbranched alkanes of at least 4 members (excludes halogenated alkanes) is 2. The fourth-order valence-electron chi connectivity index (χ4n) is 1.92. The molecular weight excluding hydrogens is 146 g/mol. The van der Waals surface area contributed by atoms with Crippen molar-refractivity contribution >= 4 is 0 Å². The van der Waals surface area contributed by atoms with Gasteiger partial charge in [0.05, 0.1) is 0 Å². The molecule has 0 saturated carbocycles. The molecule has 1 aliphatic rings. The lowest BCUT2D eigenvalue weighted by molar-refractivity contribution is 0.259. The fraction of sp³-hybridized carbons (Fsp3) is 0.909. The molecule has 1 rings (SSSR count). The van der Waals surface area contributed by atoms with Crippen LogP contribution in [0.25, 0.3) is 0 Å². The van der Waals surface area contributed by atoms with Crippen molar-refractivity contribution in [1.29, 1.82) is 0 Å². The molecule has 1 saturated heterocycles. The normalized spacial score (nSPS) is 21.5. The molecule has 71 valence electrons. The van der Waals surface area contributed by atoms with Crippen LogP contribution in [0.1, 0.15) is 51.9 Å². The van der Waals surface area contributed by atoms with E-state index in [0.717, 1.165) is 0 Å². The first kappa shape index (κ1) is 10.0. The van der Waals surface area contributed by atoms with Crippen LogP contribution < -0.4 is 0 Å². The van der Waals surface area contributed by atoms with Gasteiger partial charge in [-0.3, -0.25) is 4.90 Å². The Morgan fingerprint density at radius 3 is 2.75 bits per heavy atom. The van der Waals surface area contributed by atoms with E-state index in [2.05, 4.69) is 18.9 Å². The van der Waals surface area contributed by atoms with Crippen LogP contribution in [0, 0.1) is 6.04 Å². The van der Waals surface area contributed by atoms with Crippen LogP contribution in [0.4, 0.5) is 0 Å². The van der Waals surface area contributed by atoms with Gasteiger partial charge in [0.1, 0.15) is 0 Å². The molecule has 1 nitrogen and oxygen atoms in total. The maximum absolute atomic E-state index is 2.47. The Balaban J connectivity index is 2.11. The molecule has 0 atom stereocenters. The number of nitrogens with zero attached hydrogens (tertiary/aromatic N) is 1. The highest BCUT2D eigenvalue weighted by molar-refractivity contribution is 4.90. The highest BCUT2D eigenvalue weighted by atomic mass is 15.1. The molecule has 1 radical (unpaired) electrons. The highest BCUT2D eigenvalue weighted by Gasteiger charge is 2.18. The van der Waals surface area contributed by atoms with E-state index < -0.39 is 0 Å². The quantitative estimate of drug-likeness (QED) is 0.583. The predicted octanol–water partition coefficient (Wildman–Crippen LogP) is 3.21. The van der Waals surface area contributed by atoms with Crippen LogP contribution in [0.15, 0.2) is 0 Å². The van der Waals surface area contributed by atoms with Crippen molar-refractivity contribution < 1.29 is 0 Å². The molecule has 0 amide bonds. The van der Waals surface area contributed by atoms with Crippen LogP contribution in [0.3, 0.4) is 0 Å². The Morgan fingerprint density at radius 2 is 2.08 bits per heavy atom. The molecule has 0 unspecified atom stereocenters. The van der Waals surface area contributed by atoms with E-state index in [1.165, 1.54) is 51.5 Å². The summed E-state index contributed by atoms with van der Waals surface area (Å²) in [7, 11) is 2.25. The second-order valence-electron chi connectivity index (χ2n) is 3.90. The maximum Gasteiger partial charge on any atom is 0.0390 e. The molecular formula is C11H22N. The van der Waals surface area contributed by atoms with Gasteiger partial charge in [0, 0.05) is 6.04 Å². The van der Waals surface area contributed by atoms with Crippen molar-refractivity contribution in [2.75, 3.05) is 13.6 Å². The van der Waals surface area contributed by atoms with Crippen molar-refractivity contribution in [3.8, 4) is 0 Å². The molecule has 0 aromatic carbocycles. The van der Waals surface area contributed by atoms with E-state index in [1.54, 1.807) is 6.04 Å². The molecule has 0 aromatic rings. The van der Waals surface area contributed by atoms with Crippen molar-refractivity contribution in [3.05, 3.63) is 6.04 Å². The molecule has 1 heterocycles. The lowest BCUT2D eigenvalue weighted by Gasteiger charge is -2.31. The average Bonchev–Trinajstić information content (AvgIpc) is 2.09. The van der Waals surface area contributed by atoms with Gasteiger partial charge in [-0.05, 0) is 32.9 Å². The van der Waals surface area contributed by atoms with Gasteiger partial charge in [-0.25, -0.2) is 0 Å². The number of piperidine rings is 1. The largest absolute Gasteiger partial charge is 0.299 e. The van der Waals surface area contributed by atoms with Crippen LogP contribution in [0.5, 0.6) is 0 Å². The summed E-state index contributed by atoms with van der Waals surface area (Å²) in [5, 5.41) is 0. The molecule has 0 aliphatic carbocycles. The maximum atomic E-state index is 2.47. The van der Waals surface area contributed by atoms with Gasteiger partial charge in [-0.2, -0.15) is 0 Å². The third kappa shape index (κ3) is 3.14. The summed E-state index contributed by atoms with van der Waals surface area (Å²) >= 11 is 0. The first-order chi connectivity index (χ1) is 5.84. The second-order valence-corrected chi connectivity index (χ2v) is 3.90. The zero-order valence-corrected chi connectivity index (χ0v) is 8.60. The van der Waals surface area contributed by atoms with Gasteiger partial charge in [-0.1, -0.05) is 32.6 Å². The first-order valence-corrected chi connectivity index (χ1v) is 5.40. The fourth-order valence-corrected chi connectivity index (χ4v) is 1.92. The number of hydrogen-bond donors (Lipinski definition) is 0. The third-order valence-electron chi connectivity index (χ3n) is 2.82. The van der Waals surface area contributed by atoms with Gasteiger partial charge >= 0.3 is 0 Å². The van der Waals surface area contributed by atoms with Crippen LogP contribution in [-0.2, 0) is 0 Å². The summed E-state index contributed by atoms with van der Waals surface area (Å²) in [5.74, 6) is 0. The second kappa shape index (κ2) is 5.58. The van der Waals surface area contributed by atoms with Crippen LogP contribution in [-0.4, -0.2) is 18.5 Å². The molecule has 0 bridgehead atoms. The smallest absolute Gasteiger partial charge is 0.0390 e. The van der Waals surface area contributed by atoms with Crippen molar-refractivity contribution in [3.63, 3.8) is 0 Å². The summed E-state index contributed by atoms with van der Waals surface area (Å²) in [5.41, 5.74) is 0. The molecule has 0 aromatic heterocycles. The highest BCUT2D eigenvalue weighted by Crippen LogP contribution is 2.26.